The lowest BCUT2D eigenvalue weighted by molar-refractivity contribution is 0.0637. The van der Waals surface area contributed by atoms with E-state index < -0.39 is 0 Å². The van der Waals surface area contributed by atoms with Gasteiger partial charge in [0, 0.05) is 37.9 Å². The second-order valence-electron chi connectivity index (χ2n) is 6.05. The molecule has 1 saturated heterocycles. The van der Waals surface area contributed by atoms with E-state index in [0.29, 0.717) is 36.1 Å². The molecule has 1 aromatic carbocycles. The van der Waals surface area contributed by atoms with Crippen LogP contribution in [-0.4, -0.2) is 58.4 Å². The smallest absolute Gasteiger partial charge is 0.272 e. The first-order valence-corrected chi connectivity index (χ1v) is 8.45. The van der Waals surface area contributed by atoms with Crippen LogP contribution in [0.2, 0.25) is 0 Å². The molecule has 2 aromatic rings. The molecule has 0 spiro atoms. The average molecular weight is 343 g/mol. The minimum absolute atomic E-state index is 0.0939. The molecule has 0 unspecified atom stereocenters. The quantitative estimate of drug-likeness (QED) is 0.924. The monoisotopic (exact) mass is 343 g/mol. The van der Waals surface area contributed by atoms with Gasteiger partial charge in [-0.05, 0) is 31.7 Å². The van der Waals surface area contributed by atoms with Crippen molar-refractivity contribution in [3.63, 3.8) is 0 Å². The van der Waals surface area contributed by atoms with Gasteiger partial charge in [-0.2, -0.15) is 0 Å². The van der Waals surface area contributed by atoms with Crippen molar-refractivity contribution in [2.24, 2.45) is 0 Å². The summed E-state index contributed by atoms with van der Waals surface area (Å²) in [7, 11) is 0. The summed E-state index contributed by atoms with van der Waals surface area (Å²) in [5.41, 5.74) is 0.935. The molecule has 0 bridgehead atoms. The van der Waals surface area contributed by atoms with E-state index in [2.05, 4.69) is 27.1 Å². The van der Waals surface area contributed by atoms with Gasteiger partial charge in [-0.15, -0.1) is 0 Å². The van der Waals surface area contributed by atoms with Gasteiger partial charge in [-0.25, -0.2) is 14.4 Å². The van der Waals surface area contributed by atoms with E-state index in [1.54, 1.807) is 25.1 Å². The van der Waals surface area contributed by atoms with Crippen LogP contribution in [0.3, 0.4) is 0 Å². The maximum Gasteiger partial charge on any atom is 0.272 e. The molecule has 0 saturated carbocycles. The van der Waals surface area contributed by atoms with Gasteiger partial charge in [0.15, 0.2) is 0 Å². The summed E-state index contributed by atoms with van der Waals surface area (Å²) in [6.45, 7) is 8.00. The maximum atomic E-state index is 13.3. The third-order valence-electron chi connectivity index (χ3n) is 4.26. The molecule has 3 rings (SSSR count). The van der Waals surface area contributed by atoms with Crippen LogP contribution in [0.15, 0.2) is 30.3 Å². The lowest BCUT2D eigenvalue weighted by atomic mass is 10.2. The molecule has 2 heterocycles. The molecule has 132 valence electrons. The molecule has 1 amide bonds. The van der Waals surface area contributed by atoms with Gasteiger partial charge in [-0.3, -0.25) is 4.79 Å². The first kappa shape index (κ1) is 17.3. The maximum absolute atomic E-state index is 13.3. The van der Waals surface area contributed by atoms with E-state index in [4.69, 9.17) is 0 Å². The molecule has 7 heteroatoms. The third-order valence-corrected chi connectivity index (χ3v) is 4.26. The molecular formula is C18H22FN5O. The molecule has 6 nitrogen and oxygen atoms in total. The van der Waals surface area contributed by atoms with Gasteiger partial charge in [0.25, 0.3) is 5.91 Å². The largest absolute Gasteiger partial charge is 0.340 e. The van der Waals surface area contributed by atoms with E-state index >= 15 is 0 Å². The Hall–Kier alpha value is -2.54. The van der Waals surface area contributed by atoms with Crippen molar-refractivity contribution in [1.29, 1.82) is 0 Å². The van der Waals surface area contributed by atoms with Crippen LogP contribution in [-0.2, 0) is 0 Å². The predicted molar refractivity (Wildman–Crippen MR) is 94.5 cm³/mol. The minimum Gasteiger partial charge on any atom is -0.340 e. The van der Waals surface area contributed by atoms with E-state index in [1.165, 1.54) is 12.1 Å². The standard InChI is InChI=1S/C18H22FN5O/c1-3-23-7-9-24(10-8-23)18(25)16-12-17(21-13(2)20-16)22-15-6-4-5-14(19)11-15/h4-6,11-12H,3,7-10H2,1-2H3,(H,20,21,22). The first-order chi connectivity index (χ1) is 12.0. The van der Waals surface area contributed by atoms with Crippen molar-refractivity contribution < 1.29 is 9.18 Å². The highest BCUT2D eigenvalue weighted by Crippen LogP contribution is 2.17. The van der Waals surface area contributed by atoms with Crippen LogP contribution in [0.1, 0.15) is 23.2 Å². The van der Waals surface area contributed by atoms with Crippen LogP contribution >= 0.6 is 0 Å². The van der Waals surface area contributed by atoms with Gasteiger partial charge in [0.05, 0.1) is 0 Å². The summed E-state index contributed by atoms with van der Waals surface area (Å²) >= 11 is 0. The number of aryl methyl sites for hydroxylation is 1. The Morgan fingerprint density at radius 3 is 2.64 bits per heavy atom. The fourth-order valence-corrected chi connectivity index (χ4v) is 2.88. The number of halogens is 1. The summed E-state index contributed by atoms with van der Waals surface area (Å²) in [4.78, 5) is 25.4. The second-order valence-corrected chi connectivity index (χ2v) is 6.05. The van der Waals surface area contributed by atoms with E-state index in [9.17, 15) is 9.18 Å². The number of anilines is 2. The van der Waals surface area contributed by atoms with Crippen molar-refractivity contribution in [2.75, 3.05) is 38.0 Å². The number of carbonyl (C=O) groups is 1. The Morgan fingerprint density at radius 1 is 1.20 bits per heavy atom. The van der Waals surface area contributed by atoms with Gasteiger partial charge in [0.2, 0.25) is 0 Å². The molecule has 1 aromatic heterocycles. The van der Waals surface area contributed by atoms with E-state index in [0.717, 1.165) is 19.6 Å². The number of aromatic nitrogens is 2. The highest BCUT2D eigenvalue weighted by Gasteiger charge is 2.23. The second kappa shape index (κ2) is 7.57. The van der Waals surface area contributed by atoms with Gasteiger partial charge in [-0.1, -0.05) is 13.0 Å². The zero-order valence-electron chi connectivity index (χ0n) is 14.5. The minimum atomic E-state index is -0.333. The Kier molecular flexibility index (Phi) is 5.23. The molecule has 1 fully saturated rings. The Bertz CT molecular complexity index is 759. The molecule has 1 aliphatic heterocycles. The van der Waals surface area contributed by atoms with Crippen molar-refractivity contribution in [2.45, 2.75) is 13.8 Å². The molecule has 0 atom stereocenters. The Balaban J connectivity index is 1.76. The van der Waals surface area contributed by atoms with Crippen molar-refractivity contribution in [1.82, 2.24) is 19.8 Å². The highest BCUT2D eigenvalue weighted by molar-refractivity contribution is 5.93. The van der Waals surface area contributed by atoms with E-state index in [1.807, 2.05) is 4.90 Å². The van der Waals surface area contributed by atoms with Crippen LogP contribution in [0, 0.1) is 12.7 Å². The number of benzene rings is 1. The zero-order valence-corrected chi connectivity index (χ0v) is 14.5. The molecule has 0 aliphatic carbocycles. The summed E-state index contributed by atoms with van der Waals surface area (Å²) < 4.78 is 13.3. The number of piperazine rings is 1. The highest BCUT2D eigenvalue weighted by atomic mass is 19.1. The van der Waals surface area contributed by atoms with Gasteiger partial charge < -0.3 is 15.1 Å². The molecule has 25 heavy (non-hydrogen) atoms. The summed E-state index contributed by atoms with van der Waals surface area (Å²) in [6, 6.07) is 7.73. The number of nitrogens with one attached hydrogen (secondary N) is 1. The van der Waals surface area contributed by atoms with Gasteiger partial charge in [0.1, 0.15) is 23.2 Å². The Morgan fingerprint density at radius 2 is 1.96 bits per heavy atom. The van der Waals surface area contributed by atoms with Crippen LogP contribution in [0.25, 0.3) is 0 Å². The number of likely N-dealkylation sites (N-methyl/N-ethyl adjacent to an activating group) is 1. The van der Waals surface area contributed by atoms with Crippen molar-refractivity contribution in [3.05, 3.63) is 47.7 Å². The lowest BCUT2D eigenvalue weighted by Crippen LogP contribution is -2.48. The zero-order chi connectivity index (χ0) is 17.8. The lowest BCUT2D eigenvalue weighted by Gasteiger charge is -2.33. The molecule has 1 aliphatic rings. The molecule has 1 N–H and O–H groups in total. The fourth-order valence-electron chi connectivity index (χ4n) is 2.88. The SMILES string of the molecule is CCN1CCN(C(=O)c2cc(Nc3cccc(F)c3)nc(C)n2)CC1. The Labute approximate surface area is 146 Å². The van der Waals surface area contributed by atoms with Crippen LogP contribution < -0.4 is 5.32 Å². The number of amides is 1. The first-order valence-electron chi connectivity index (χ1n) is 8.45. The number of hydrogen-bond donors (Lipinski definition) is 1. The number of hydrogen-bond acceptors (Lipinski definition) is 5. The normalized spacial score (nSPS) is 15.2. The molecular weight excluding hydrogens is 321 g/mol. The van der Waals surface area contributed by atoms with E-state index in [-0.39, 0.29) is 11.7 Å². The van der Waals surface area contributed by atoms with Crippen molar-refractivity contribution in [3.8, 4) is 0 Å². The van der Waals surface area contributed by atoms with Crippen LogP contribution in [0.4, 0.5) is 15.9 Å². The topological polar surface area (TPSA) is 61.4 Å². The third kappa shape index (κ3) is 4.30. The number of carbonyl (C=O) groups excluding carboxylic acids is 1. The summed E-state index contributed by atoms with van der Waals surface area (Å²) in [5.74, 6) is 0.551. The predicted octanol–water partition coefficient (Wildman–Crippen LogP) is 2.45. The summed E-state index contributed by atoms with van der Waals surface area (Å²) in [6.07, 6.45) is 0. The summed E-state index contributed by atoms with van der Waals surface area (Å²) in [5, 5.41) is 3.03. The molecule has 0 radical (unpaired) electrons. The van der Waals surface area contributed by atoms with Crippen LogP contribution in [0.5, 0.6) is 0 Å². The fraction of sp³-hybridized carbons (Fsp3) is 0.389. The van der Waals surface area contributed by atoms with Gasteiger partial charge >= 0.3 is 0 Å². The number of rotatable bonds is 4. The van der Waals surface area contributed by atoms with Crippen molar-refractivity contribution >= 4 is 17.4 Å². The average Bonchev–Trinajstić information content (AvgIpc) is 2.60. The number of nitrogens with zero attached hydrogens (tertiary/aromatic N) is 4.